The quantitative estimate of drug-likeness (QED) is 0.442. The molecule has 6 rings (SSSR count). The Kier molecular flexibility index (Phi) is 4.00. The molecule has 9 heteroatoms. The van der Waals surface area contributed by atoms with Crippen molar-refractivity contribution in [3.63, 3.8) is 0 Å². The third-order valence-electron chi connectivity index (χ3n) is 6.29. The lowest BCUT2D eigenvalue weighted by Gasteiger charge is -2.24. The molecule has 0 spiro atoms. The van der Waals surface area contributed by atoms with E-state index in [0.717, 1.165) is 4.90 Å². The van der Waals surface area contributed by atoms with Crippen molar-refractivity contribution < 1.29 is 22.4 Å². The first kappa shape index (κ1) is 18.0. The molecule has 0 radical (unpaired) electrons. The Hall–Kier alpha value is -4.45. The number of imidazole rings is 1. The van der Waals surface area contributed by atoms with Crippen LogP contribution >= 0.6 is 0 Å². The monoisotopic (exact) mass is 474 g/mol. The lowest BCUT2D eigenvalue weighted by atomic mass is 9.97. The summed E-state index contributed by atoms with van der Waals surface area (Å²) in [5.41, 5.74) is 8.35. The molecule has 2 aromatic heterocycles. The van der Waals surface area contributed by atoms with Crippen LogP contribution in [0.1, 0.15) is 55.5 Å². The molecule has 0 fully saturated rings. The number of hydrogen-bond donors (Lipinski definition) is 1. The molecule has 4 aromatic rings. The van der Waals surface area contributed by atoms with Crippen molar-refractivity contribution in [1.29, 1.82) is 0 Å². The third kappa shape index (κ3) is 3.37. The fourth-order valence-corrected chi connectivity index (χ4v) is 4.81. The van der Waals surface area contributed by atoms with Crippen LogP contribution in [0.2, 0.25) is 0 Å². The molecule has 2 bridgehead atoms. The van der Waals surface area contributed by atoms with Gasteiger partial charge in [-0.1, -0.05) is 17.9 Å². The number of rotatable bonds is 2. The van der Waals surface area contributed by atoms with Crippen molar-refractivity contribution in [2.75, 3.05) is 12.7 Å². The molecule has 4 heterocycles. The maximum absolute atomic E-state index is 13.5. The molecule has 2 atom stereocenters. The molecule has 2 N–H and O–H groups in total. The number of pyridine rings is 1. The number of amides is 1. The first-order chi connectivity index (χ1) is 18.1. The average molecular weight is 474 g/mol. The Balaban J connectivity index is 1.55. The van der Waals surface area contributed by atoms with Crippen molar-refractivity contribution in [3.8, 4) is 17.6 Å². The molecule has 0 saturated carbocycles. The van der Waals surface area contributed by atoms with Crippen LogP contribution in [0.3, 0.4) is 0 Å². The van der Waals surface area contributed by atoms with E-state index in [9.17, 15) is 13.6 Å². The summed E-state index contributed by atoms with van der Waals surface area (Å²) in [6.07, 6.45) is 1.71. The molecule has 0 unspecified atom stereocenters. The molecule has 2 aromatic carbocycles. The van der Waals surface area contributed by atoms with Crippen molar-refractivity contribution in [3.05, 3.63) is 82.8 Å². The number of alkyl halides is 2. The number of nitrogens with zero attached hydrogens (tertiary/aromatic N) is 4. The predicted molar refractivity (Wildman–Crippen MR) is 125 cm³/mol. The first-order valence-corrected chi connectivity index (χ1v) is 10.8. The van der Waals surface area contributed by atoms with Gasteiger partial charge in [-0.3, -0.25) is 4.79 Å². The number of anilines is 1. The summed E-state index contributed by atoms with van der Waals surface area (Å²) >= 11 is 0. The average Bonchev–Trinajstić information content (AvgIpc) is 3.35. The highest BCUT2D eigenvalue weighted by molar-refractivity contribution is 5.97. The first-order valence-electron chi connectivity index (χ1n) is 12.3. The van der Waals surface area contributed by atoms with Gasteiger partial charge < -0.3 is 19.9 Å². The molecule has 1 amide bonds. The Morgan fingerprint density at radius 3 is 2.77 bits per heavy atom. The Labute approximate surface area is 203 Å². The maximum atomic E-state index is 13.5. The van der Waals surface area contributed by atoms with E-state index in [4.69, 9.17) is 14.6 Å². The van der Waals surface area contributed by atoms with Gasteiger partial charge in [0.2, 0.25) is 0 Å². The van der Waals surface area contributed by atoms with E-state index in [-0.39, 0.29) is 23.3 Å². The Morgan fingerprint density at radius 2 is 2.00 bits per heavy atom. The number of carbonyl (C=O) groups is 1. The largest absolute Gasteiger partial charge is 0.434 e. The highest BCUT2D eigenvalue weighted by Gasteiger charge is 2.44. The minimum atomic E-state index is -3.13. The summed E-state index contributed by atoms with van der Waals surface area (Å²) in [5, 5.41) is 0. The van der Waals surface area contributed by atoms with Gasteiger partial charge in [0.1, 0.15) is 17.4 Å². The van der Waals surface area contributed by atoms with Gasteiger partial charge in [0.05, 0.1) is 23.1 Å². The summed E-state index contributed by atoms with van der Waals surface area (Å²) in [4.78, 5) is 23.0. The summed E-state index contributed by atoms with van der Waals surface area (Å²) < 4.78 is 57.5. The van der Waals surface area contributed by atoms with Gasteiger partial charge in [-0.15, -0.1) is 0 Å². The molecule has 2 aliphatic heterocycles. The lowest BCUT2D eigenvalue weighted by Crippen LogP contribution is -2.30. The van der Waals surface area contributed by atoms with E-state index in [1.54, 1.807) is 41.1 Å². The van der Waals surface area contributed by atoms with Crippen molar-refractivity contribution >= 4 is 22.8 Å². The third-order valence-corrected chi connectivity index (χ3v) is 6.29. The number of hydrogen-bond acceptors (Lipinski definition) is 5. The van der Waals surface area contributed by atoms with Gasteiger partial charge in [-0.05, 0) is 42.5 Å². The molecule has 0 aliphatic carbocycles. The highest BCUT2D eigenvalue weighted by atomic mass is 19.3. The second-order valence-corrected chi connectivity index (χ2v) is 8.30. The molecule has 0 saturated heterocycles. The van der Waals surface area contributed by atoms with Gasteiger partial charge in [-0.25, -0.2) is 9.97 Å². The summed E-state index contributed by atoms with van der Waals surface area (Å²) in [7, 11) is 0. The van der Waals surface area contributed by atoms with E-state index in [2.05, 4.69) is 21.8 Å². The van der Waals surface area contributed by atoms with Crippen LogP contribution in [-0.4, -0.2) is 38.9 Å². The van der Waals surface area contributed by atoms with Crippen LogP contribution in [0.4, 0.5) is 14.6 Å². The molecular formula is C26H19F2N5O2. The van der Waals surface area contributed by atoms with Crippen molar-refractivity contribution in [2.24, 2.45) is 0 Å². The molecule has 7 nitrogen and oxygen atoms in total. The molecule has 174 valence electrons. The zero-order chi connectivity index (χ0) is 26.8. The van der Waals surface area contributed by atoms with E-state index in [1.807, 2.05) is 0 Å². The minimum Gasteiger partial charge on any atom is -0.434 e. The van der Waals surface area contributed by atoms with Crippen LogP contribution in [0.25, 0.3) is 11.0 Å². The van der Waals surface area contributed by atoms with Gasteiger partial charge in [0.15, 0.2) is 0 Å². The number of fused-ring (bicyclic) bond motifs is 9. The number of halogens is 2. The number of benzene rings is 2. The number of ether oxygens (including phenoxy) is 1. The van der Waals surface area contributed by atoms with Gasteiger partial charge in [0, 0.05) is 46.0 Å². The van der Waals surface area contributed by atoms with E-state index >= 15 is 0 Å². The summed E-state index contributed by atoms with van der Waals surface area (Å²) in [5.74, 6) is 5.88. The minimum absolute atomic E-state index is 0.00562. The number of nitrogens with two attached hydrogens (primary N) is 1. The summed E-state index contributed by atoms with van der Waals surface area (Å²) in [6, 6.07) is 11.4. The maximum Gasteiger partial charge on any atom is 0.387 e. The van der Waals surface area contributed by atoms with Crippen molar-refractivity contribution in [1.82, 2.24) is 19.4 Å². The molecule has 35 heavy (non-hydrogen) atoms. The Morgan fingerprint density at radius 1 is 1.17 bits per heavy atom. The van der Waals surface area contributed by atoms with Crippen LogP contribution in [0, 0.1) is 11.8 Å². The topological polar surface area (TPSA) is 86.3 Å². The Bertz CT molecular complexity index is 1660. The van der Waals surface area contributed by atoms with Crippen LogP contribution < -0.4 is 10.5 Å². The van der Waals surface area contributed by atoms with E-state index < -0.39 is 31.6 Å². The second kappa shape index (κ2) is 7.81. The predicted octanol–water partition coefficient (Wildman–Crippen LogP) is 4.13. The van der Waals surface area contributed by atoms with Gasteiger partial charge >= 0.3 is 6.61 Å². The number of nitrogen functional groups attached to an aromatic ring is 1. The SMILES string of the molecule is [2H]C([2H])([2H])N1C(=O)c2cccc(OC(F)F)c2[C@H]2C[C@@H]1c1nc3ccc(C#Cc4ccc(N)nc4)cc3n12. The van der Waals surface area contributed by atoms with Crippen LogP contribution in [0.5, 0.6) is 5.75 Å². The van der Waals surface area contributed by atoms with E-state index in [1.165, 1.54) is 18.2 Å². The number of carbonyl (C=O) groups excluding carboxylic acids is 1. The van der Waals surface area contributed by atoms with E-state index in [0.29, 0.717) is 33.8 Å². The van der Waals surface area contributed by atoms with Crippen LogP contribution in [-0.2, 0) is 0 Å². The molecule has 2 aliphatic rings. The van der Waals surface area contributed by atoms with Gasteiger partial charge in [-0.2, -0.15) is 8.78 Å². The van der Waals surface area contributed by atoms with Gasteiger partial charge in [0.25, 0.3) is 5.91 Å². The zero-order valence-corrected chi connectivity index (χ0v) is 18.1. The summed E-state index contributed by atoms with van der Waals surface area (Å²) in [6.45, 7) is -5.91. The standard InChI is InChI=1S/C26H19F2N5O2/c1-32-20-12-19(23-16(25(32)34)3-2-4-21(23)35-26(27)28)33-18-11-14(7-9-17(18)31-24(20)33)5-6-15-8-10-22(29)30-13-15/h2-4,7-11,13,19-20,26H,12H2,1H3,(H2,29,30)/t19-,20-/m1/s1/i1D3. The normalized spacial score (nSPS) is 19.8. The fourth-order valence-electron chi connectivity index (χ4n) is 4.81. The molecular weight excluding hydrogens is 452 g/mol. The smallest absolute Gasteiger partial charge is 0.387 e. The number of aromatic nitrogens is 3. The highest BCUT2D eigenvalue weighted by Crippen LogP contribution is 2.49. The fraction of sp³-hybridized carbons (Fsp3) is 0.192. The van der Waals surface area contributed by atoms with Crippen molar-refractivity contribution in [2.45, 2.75) is 25.1 Å². The zero-order valence-electron chi connectivity index (χ0n) is 21.1. The van der Waals surface area contributed by atoms with Crippen LogP contribution in [0.15, 0.2) is 54.7 Å². The second-order valence-electron chi connectivity index (χ2n) is 8.30. The lowest BCUT2D eigenvalue weighted by molar-refractivity contribution is -0.0507.